The van der Waals surface area contributed by atoms with Gasteiger partial charge in [-0.25, -0.2) is 14.2 Å². The monoisotopic (exact) mass is 288 g/mol. The van der Waals surface area contributed by atoms with Gasteiger partial charge in [-0.15, -0.1) is 0 Å². The zero-order chi connectivity index (χ0) is 15.6. The smallest absolute Gasteiger partial charge is 0.335 e. The molecule has 0 bridgehead atoms. The predicted molar refractivity (Wildman–Crippen MR) is 79.7 cm³/mol. The number of aromatic carboxylic acids is 1. The quantitative estimate of drug-likeness (QED) is 0.889. The number of nitrogens with one attached hydrogen (secondary N) is 1. The van der Waals surface area contributed by atoms with Crippen molar-refractivity contribution in [2.45, 2.75) is 26.7 Å². The molecule has 0 saturated heterocycles. The van der Waals surface area contributed by atoms with E-state index < -0.39 is 5.97 Å². The second-order valence-corrected chi connectivity index (χ2v) is 5.16. The highest BCUT2D eigenvalue weighted by atomic mass is 19.1. The van der Waals surface area contributed by atoms with Gasteiger partial charge >= 0.3 is 5.97 Å². The van der Waals surface area contributed by atoms with E-state index in [1.807, 2.05) is 13.8 Å². The number of halogens is 1. The van der Waals surface area contributed by atoms with Crippen LogP contribution >= 0.6 is 0 Å². The summed E-state index contributed by atoms with van der Waals surface area (Å²) < 4.78 is 13.5. The van der Waals surface area contributed by atoms with Crippen LogP contribution < -0.4 is 5.32 Å². The molecule has 0 saturated carbocycles. The molecule has 2 N–H and O–H groups in total. The fourth-order valence-electron chi connectivity index (χ4n) is 1.92. The Morgan fingerprint density at radius 3 is 2.67 bits per heavy atom. The highest BCUT2D eigenvalue weighted by Crippen LogP contribution is 2.24. The van der Waals surface area contributed by atoms with E-state index in [0.717, 1.165) is 0 Å². The van der Waals surface area contributed by atoms with Gasteiger partial charge in [0, 0.05) is 16.9 Å². The molecule has 0 fully saturated rings. The summed E-state index contributed by atoms with van der Waals surface area (Å²) in [6, 6.07) is 7.69. The van der Waals surface area contributed by atoms with Crippen molar-refractivity contribution >= 4 is 17.5 Å². The van der Waals surface area contributed by atoms with Crippen LogP contribution in [0.5, 0.6) is 0 Å². The minimum Gasteiger partial charge on any atom is -0.478 e. The summed E-state index contributed by atoms with van der Waals surface area (Å²) in [5.41, 5.74) is 1.86. The number of hydrogen-bond acceptors (Lipinski definition) is 3. The van der Waals surface area contributed by atoms with Gasteiger partial charge in [0.2, 0.25) is 0 Å². The summed E-state index contributed by atoms with van der Waals surface area (Å²) in [7, 11) is 0. The molecule has 0 aliphatic rings. The molecule has 4 nitrogen and oxygen atoms in total. The van der Waals surface area contributed by atoms with Crippen LogP contribution in [0.3, 0.4) is 0 Å². The van der Waals surface area contributed by atoms with Gasteiger partial charge in [0.1, 0.15) is 11.6 Å². The molecule has 1 aromatic carbocycles. The second-order valence-electron chi connectivity index (χ2n) is 5.16. The summed E-state index contributed by atoms with van der Waals surface area (Å²) in [5.74, 6) is -0.845. The van der Waals surface area contributed by atoms with E-state index in [4.69, 9.17) is 5.11 Å². The molecular formula is C16H17FN2O2. The second kappa shape index (κ2) is 5.91. The maximum Gasteiger partial charge on any atom is 0.335 e. The number of carboxylic acid groups (broad SMARTS) is 1. The van der Waals surface area contributed by atoms with Gasteiger partial charge in [0.05, 0.1) is 5.56 Å². The average molecular weight is 288 g/mol. The zero-order valence-electron chi connectivity index (χ0n) is 12.1. The number of carboxylic acids is 1. The molecule has 0 amide bonds. The summed E-state index contributed by atoms with van der Waals surface area (Å²) >= 11 is 0. The normalized spacial score (nSPS) is 10.7. The third-order valence-corrected chi connectivity index (χ3v) is 3.21. The van der Waals surface area contributed by atoms with E-state index in [9.17, 15) is 9.18 Å². The van der Waals surface area contributed by atoms with Crippen molar-refractivity contribution in [1.29, 1.82) is 0 Å². The summed E-state index contributed by atoms with van der Waals surface area (Å²) in [6.07, 6.45) is 0. The standard InChI is InChI=1S/C16H17FN2O2/c1-9(2)14-7-11(16(20)21)8-15(19-14)18-13-6-4-5-12(17)10(13)3/h4-9H,1-3H3,(H,18,19)(H,20,21). The molecule has 0 spiro atoms. The van der Waals surface area contributed by atoms with Gasteiger partial charge in [0.15, 0.2) is 0 Å². The third-order valence-electron chi connectivity index (χ3n) is 3.21. The van der Waals surface area contributed by atoms with Crippen LogP contribution in [0.2, 0.25) is 0 Å². The molecule has 1 heterocycles. The molecule has 5 heteroatoms. The molecule has 0 unspecified atom stereocenters. The van der Waals surface area contributed by atoms with Crippen molar-refractivity contribution in [2.75, 3.05) is 5.32 Å². The van der Waals surface area contributed by atoms with Gasteiger partial charge in [-0.3, -0.25) is 0 Å². The van der Waals surface area contributed by atoms with Crippen molar-refractivity contribution in [2.24, 2.45) is 0 Å². The Kier molecular flexibility index (Phi) is 4.21. The van der Waals surface area contributed by atoms with Crippen LogP contribution in [0, 0.1) is 12.7 Å². The molecular weight excluding hydrogens is 271 g/mol. The van der Waals surface area contributed by atoms with Crippen LogP contribution in [0.4, 0.5) is 15.9 Å². The number of anilines is 2. The van der Waals surface area contributed by atoms with Crippen molar-refractivity contribution < 1.29 is 14.3 Å². The number of nitrogens with zero attached hydrogens (tertiary/aromatic N) is 1. The molecule has 0 aliphatic carbocycles. The fraction of sp³-hybridized carbons (Fsp3) is 0.250. The molecule has 2 aromatic rings. The summed E-state index contributed by atoms with van der Waals surface area (Å²) in [4.78, 5) is 15.6. The lowest BCUT2D eigenvalue weighted by Crippen LogP contribution is -2.05. The lowest BCUT2D eigenvalue weighted by Gasteiger charge is -2.13. The maximum absolute atomic E-state index is 13.5. The first-order valence-electron chi connectivity index (χ1n) is 6.66. The van der Waals surface area contributed by atoms with Gasteiger partial charge in [0.25, 0.3) is 0 Å². The van der Waals surface area contributed by atoms with Crippen molar-refractivity contribution in [3.8, 4) is 0 Å². The number of benzene rings is 1. The average Bonchev–Trinajstić information content (AvgIpc) is 2.43. The van der Waals surface area contributed by atoms with E-state index in [-0.39, 0.29) is 17.3 Å². The van der Waals surface area contributed by atoms with E-state index in [1.54, 1.807) is 25.1 Å². The molecule has 110 valence electrons. The topological polar surface area (TPSA) is 62.2 Å². The van der Waals surface area contributed by atoms with Crippen LogP contribution in [-0.4, -0.2) is 16.1 Å². The predicted octanol–water partition coefficient (Wildman–Crippen LogP) is 4.09. The van der Waals surface area contributed by atoms with Crippen molar-refractivity contribution in [1.82, 2.24) is 4.98 Å². The third kappa shape index (κ3) is 3.37. The Hall–Kier alpha value is -2.43. The fourth-order valence-corrected chi connectivity index (χ4v) is 1.92. The largest absolute Gasteiger partial charge is 0.478 e. The molecule has 0 radical (unpaired) electrons. The van der Waals surface area contributed by atoms with E-state index in [1.165, 1.54) is 12.1 Å². The number of aromatic nitrogens is 1. The minimum atomic E-state index is -1.02. The Morgan fingerprint density at radius 2 is 2.05 bits per heavy atom. The van der Waals surface area contributed by atoms with Crippen LogP contribution in [-0.2, 0) is 0 Å². The molecule has 2 rings (SSSR count). The highest BCUT2D eigenvalue weighted by Gasteiger charge is 2.12. The summed E-state index contributed by atoms with van der Waals surface area (Å²) in [6.45, 7) is 5.53. The Balaban J connectivity index is 2.43. The Morgan fingerprint density at radius 1 is 1.33 bits per heavy atom. The number of carbonyl (C=O) groups is 1. The highest BCUT2D eigenvalue weighted by molar-refractivity contribution is 5.89. The number of pyridine rings is 1. The molecule has 0 aliphatic heterocycles. The van der Waals surface area contributed by atoms with Crippen molar-refractivity contribution in [3.05, 3.63) is 53.0 Å². The Bertz CT molecular complexity index is 684. The number of hydrogen-bond donors (Lipinski definition) is 2. The van der Waals surface area contributed by atoms with Crippen LogP contribution in [0.25, 0.3) is 0 Å². The number of rotatable bonds is 4. The Labute approximate surface area is 122 Å². The lowest BCUT2D eigenvalue weighted by molar-refractivity contribution is 0.0696. The first kappa shape index (κ1) is 15.0. The summed E-state index contributed by atoms with van der Waals surface area (Å²) in [5, 5.41) is 12.2. The lowest BCUT2D eigenvalue weighted by atomic mass is 10.1. The molecule has 0 atom stereocenters. The van der Waals surface area contributed by atoms with E-state index >= 15 is 0 Å². The molecule has 21 heavy (non-hydrogen) atoms. The van der Waals surface area contributed by atoms with Gasteiger partial charge in [-0.05, 0) is 37.1 Å². The van der Waals surface area contributed by atoms with Crippen LogP contribution in [0.1, 0.15) is 41.4 Å². The van der Waals surface area contributed by atoms with E-state index in [2.05, 4.69) is 10.3 Å². The zero-order valence-corrected chi connectivity index (χ0v) is 12.1. The SMILES string of the molecule is Cc1c(F)cccc1Nc1cc(C(=O)O)cc(C(C)C)n1. The van der Waals surface area contributed by atoms with Gasteiger partial charge in [-0.1, -0.05) is 19.9 Å². The molecule has 1 aromatic heterocycles. The van der Waals surface area contributed by atoms with E-state index in [0.29, 0.717) is 22.8 Å². The maximum atomic E-state index is 13.5. The van der Waals surface area contributed by atoms with Gasteiger partial charge < -0.3 is 10.4 Å². The van der Waals surface area contributed by atoms with Gasteiger partial charge in [-0.2, -0.15) is 0 Å². The minimum absolute atomic E-state index is 0.0958. The van der Waals surface area contributed by atoms with Crippen molar-refractivity contribution in [3.63, 3.8) is 0 Å². The first-order chi connectivity index (χ1) is 9.88. The first-order valence-corrected chi connectivity index (χ1v) is 6.66. The van der Waals surface area contributed by atoms with Crippen LogP contribution in [0.15, 0.2) is 30.3 Å².